The number of hydrogen-bond acceptors (Lipinski definition) is 5. The zero-order valence-corrected chi connectivity index (χ0v) is 15.2. The Kier molecular flexibility index (Phi) is 5.02. The summed E-state index contributed by atoms with van der Waals surface area (Å²) in [7, 11) is 0. The number of nitrogens with zero attached hydrogens (tertiary/aromatic N) is 1. The van der Waals surface area contributed by atoms with E-state index in [9.17, 15) is 9.18 Å². The molecule has 138 valence electrons. The maximum Gasteiger partial charge on any atom is 0.231 e. The Morgan fingerprint density at radius 3 is 2.74 bits per heavy atom. The second kappa shape index (κ2) is 7.75. The van der Waals surface area contributed by atoms with Crippen molar-refractivity contribution in [3.8, 4) is 11.5 Å². The van der Waals surface area contributed by atoms with Crippen LogP contribution in [0.3, 0.4) is 0 Å². The van der Waals surface area contributed by atoms with E-state index in [1.54, 1.807) is 18.3 Å². The molecule has 5 nitrogen and oxygen atoms in total. The van der Waals surface area contributed by atoms with Crippen LogP contribution in [0.2, 0.25) is 0 Å². The first kappa shape index (κ1) is 17.5. The van der Waals surface area contributed by atoms with Gasteiger partial charge in [0, 0.05) is 23.9 Å². The zero-order valence-electron chi connectivity index (χ0n) is 14.4. The van der Waals surface area contributed by atoms with Crippen LogP contribution in [-0.4, -0.2) is 17.7 Å². The first-order chi connectivity index (χ1) is 13.2. The van der Waals surface area contributed by atoms with Gasteiger partial charge >= 0.3 is 0 Å². The quantitative estimate of drug-likeness (QED) is 0.693. The summed E-state index contributed by atoms with van der Waals surface area (Å²) in [6, 6.07) is 12.0. The van der Waals surface area contributed by atoms with Crippen molar-refractivity contribution in [3.05, 3.63) is 70.5 Å². The van der Waals surface area contributed by atoms with Gasteiger partial charge in [0.15, 0.2) is 16.6 Å². The molecule has 0 radical (unpaired) electrons. The van der Waals surface area contributed by atoms with E-state index in [2.05, 4.69) is 10.3 Å². The molecule has 0 atom stereocenters. The molecule has 0 fully saturated rings. The molecule has 2 aromatic carbocycles. The minimum absolute atomic E-state index is 0.108. The third-order valence-corrected chi connectivity index (χ3v) is 5.08. The molecular weight excluding hydrogens is 367 g/mol. The molecule has 0 aliphatic carbocycles. The van der Waals surface area contributed by atoms with Crippen molar-refractivity contribution < 1.29 is 18.7 Å². The van der Waals surface area contributed by atoms with Crippen LogP contribution >= 0.6 is 11.3 Å². The van der Waals surface area contributed by atoms with Crippen LogP contribution in [0, 0.1) is 5.82 Å². The molecule has 2 heterocycles. The van der Waals surface area contributed by atoms with Crippen molar-refractivity contribution in [2.75, 3.05) is 12.1 Å². The number of anilines is 1. The van der Waals surface area contributed by atoms with E-state index < -0.39 is 0 Å². The monoisotopic (exact) mass is 384 g/mol. The normalized spacial score (nSPS) is 12.2. The van der Waals surface area contributed by atoms with Crippen molar-refractivity contribution in [1.29, 1.82) is 0 Å². The molecule has 7 heteroatoms. The number of aromatic nitrogens is 1. The fourth-order valence-corrected chi connectivity index (χ4v) is 3.65. The molecule has 1 aliphatic rings. The van der Waals surface area contributed by atoms with Gasteiger partial charge in [-0.15, -0.1) is 11.3 Å². The molecule has 27 heavy (non-hydrogen) atoms. The molecule has 4 rings (SSSR count). The molecule has 0 saturated heterocycles. The average Bonchev–Trinajstić information content (AvgIpc) is 3.30. The number of aryl methyl sites for hydroxylation is 1. The lowest BCUT2D eigenvalue weighted by molar-refractivity contribution is -0.116. The number of amides is 1. The van der Waals surface area contributed by atoms with Crippen molar-refractivity contribution in [2.45, 2.75) is 19.3 Å². The predicted molar refractivity (Wildman–Crippen MR) is 101 cm³/mol. The Labute approximate surface area is 159 Å². The molecule has 0 bridgehead atoms. The summed E-state index contributed by atoms with van der Waals surface area (Å²) in [5.74, 6) is 1.13. The topological polar surface area (TPSA) is 60.5 Å². The maximum absolute atomic E-state index is 12.9. The van der Waals surface area contributed by atoms with Crippen molar-refractivity contribution in [1.82, 2.24) is 4.98 Å². The Morgan fingerprint density at radius 2 is 1.89 bits per heavy atom. The van der Waals surface area contributed by atoms with Crippen LogP contribution < -0.4 is 14.8 Å². The number of carbonyl (C=O) groups is 1. The summed E-state index contributed by atoms with van der Waals surface area (Å²) in [4.78, 5) is 17.4. The summed E-state index contributed by atoms with van der Waals surface area (Å²) < 4.78 is 23.6. The van der Waals surface area contributed by atoms with E-state index >= 15 is 0 Å². The number of rotatable bonds is 6. The highest BCUT2D eigenvalue weighted by Gasteiger charge is 2.14. The zero-order chi connectivity index (χ0) is 18.6. The standard InChI is InChI=1S/C20H17FN2O3S/c21-15-5-1-13(2-6-15)4-8-19(24)23-20-22-11-16(27-20)9-14-3-7-17-18(10-14)26-12-25-17/h1-3,5-7,10-11H,4,8-9,12H2,(H,22,23,24). The van der Waals surface area contributed by atoms with Crippen LogP contribution in [0.25, 0.3) is 0 Å². The fraction of sp³-hybridized carbons (Fsp3) is 0.200. The summed E-state index contributed by atoms with van der Waals surface area (Å²) in [5, 5.41) is 3.40. The lowest BCUT2D eigenvalue weighted by Crippen LogP contribution is -2.11. The van der Waals surface area contributed by atoms with E-state index in [0.717, 1.165) is 27.5 Å². The summed E-state index contributed by atoms with van der Waals surface area (Å²) in [5.41, 5.74) is 2.02. The van der Waals surface area contributed by atoms with Crippen LogP contribution in [-0.2, 0) is 17.6 Å². The third-order valence-electron chi connectivity index (χ3n) is 4.17. The van der Waals surface area contributed by atoms with Gasteiger partial charge in [-0.3, -0.25) is 4.79 Å². The lowest BCUT2D eigenvalue weighted by Gasteiger charge is -2.02. The van der Waals surface area contributed by atoms with Gasteiger partial charge in [0.25, 0.3) is 0 Å². The molecule has 1 N–H and O–H groups in total. The number of ether oxygens (including phenoxy) is 2. The summed E-state index contributed by atoms with van der Waals surface area (Å²) in [6.45, 7) is 0.257. The van der Waals surface area contributed by atoms with E-state index in [1.165, 1.54) is 23.5 Å². The lowest BCUT2D eigenvalue weighted by atomic mass is 10.1. The van der Waals surface area contributed by atoms with Crippen LogP contribution in [0.1, 0.15) is 22.4 Å². The number of benzene rings is 2. The van der Waals surface area contributed by atoms with E-state index in [4.69, 9.17) is 9.47 Å². The number of fused-ring (bicyclic) bond motifs is 1. The SMILES string of the molecule is O=C(CCc1ccc(F)cc1)Nc1ncc(Cc2ccc3c(c2)OCO3)s1. The molecular formula is C20H17FN2O3S. The third kappa shape index (κ3) is 4.43. The number of thiazole rings is 1. The highest BCUT2D eigenvalue weighted by Crippen LogP contribution is 2.33. The number of carbonyl (C=O) groups excluding carboxylic acids is 1. The molecule has 1 aliphatic heterocycles. The maximum atomic E-state index is 12.9. The average molecular weight is 384 g/mol. The van der Waals surface area contributed by atoms with E-state index in [1.807, 2.05) is 18.2 Å². The Morgan fingerprint density at radius 1 is 1.11 bits per heavy atom. The van der Waals surface area contributed by atoms with Gasteiger partial charge in [-0.25, -0.2) is 9.37 Å². The largest absolute Gasteiger partial charge is 0.454 e. The van der Waals surface area contributed by atoms with Gasteiger partial charge in [-0.2, -0.15) is 0 Å². The predicted octanol–water partition coefficient (Wildman–Crippen LogP) is 4.17. The highest BCUT2D eigenvalue weighted by atomic mass is 32.1. The summed E-state index contributed by atoms with van der Waals surface area (Å²) >= 11 is 1.45. The number of halogens is 1. The van der Waals surface area contributed by atoms with Crippen LogP contribution in [0.15, 0.2) is 48.7 Å². The molecule has 1 amide bonds. The Bertz CT molecular complexity index is 956. The fourth-order valence-electron chi connectivity index (χ4n) is 2.79. The molecule has 1 aromatic heterocycles. The Hall–Kier alpha value is -2.93. The molecule has 3 aromatic rings. The minimum atomic E-state index is -0.277. The smallest absolute Gasteiger partial charge is 0.231 e. The number of hydrogen-bond donors (Lipinski definition) is 1. The highest BCUT2D eigenvalue weighted by molar-refractivity contribution is 7.15. The van der Waals surface area contributed by atoms with Crippen molar-refractivity contribution >= 4 is 22.4 Å². The van der Waals surface area contributed by atoms with Gasteiger partial charge in [-0.05, 0) is 41.8 Å². The first-order valence-corrected chi connectivity index (χ1v) is 9.35. The van der Waals surface area contributed by atoms with Crippen molar-refractivity contribution in [2.24, 2.45) is 0 Å². The Balaban J connectivity index is 1.31. The first-order valence-electron chi connectivity index (χ1n) is 8.53. The van der Waals surface area contributed by atoms with Gasteiger partial charge in [0.1, 0.15) is 5.82 Å². The molecule has 0 unspecified atom stereocenters. The van der Waals surface area contributed by atoms with Crippen LogP contribution in [0.5, 0.6) is 11.5 Å². The van der Waals surface area contributed by atoms with E-state index in [-0.39, 0.29) is 18.5 Å². The van der Waals surface area contributed by atoms with Gasteiger partial charge in [-0.1, -0.05) is 18.2 Å². The molecule has 0 saturated carbocycles. The van der Waals surface area contributed by atoms with Crippen LogP contribution in [0.4, 0.5) is 9.52 Å². The summed E-state index contributed by atoms with van der Waals surface area (Å²) in [6.07, 6.45) is 3.36. The minimum Gasteiger partial charge on any atom is -0.454 e. The number of nitrogens with one attached hydrogen (secondary N) is 1. The van der Waals surface area contributed by atoms with Crippen molar-refractivity contribution in [3.63, 3.8) is 0 Å². The van der Waals surface area contributed by atoms with Gasteiger partial charge in [0.2, 0.25) is 12.7 Å². The van der Waals surface area contributed by atoms with E-state index in [0.29, 0.717) is 24.4 Å². The molecule has 0 spiro atoms. The second-order valence-corrected chi connectivity index (χ2v) is 7.29. The van der Waals surface area contributed by atoms with Gasteiger partial charge in [0.05, 0.1) is 0 Å². The second-order valence-electron chi connectivity index (χ2n) is 6.17. The van der Waals surface area contributed by atoms with Gasteiger partial charge < -0.3 is 14.8 Å².